The number of nitrogens with one attached hydrogen (secondary N) is 1. The molecule has 1 heterocycles. The number of amides is 2. The van der Waals surface area contributed by atoms with E-state index in [1.54, 1.807) is 30.3 Å². The maximum atomic E-state index is 13.1. The van der Waals surface area contributed by atoms with Crippen LogP contribution in [0.25, 0.3) is 5.57 Å². The Balaban J connectivity index is 1.86. The average Bonchev–Trinajstić information content (AvgIpc) is 2.66. The second kappa shape index (κ2) is 8.89. The lowest BCUT2D eigenvalue weighted by molar-refractivity contribution is -0.342. The first-order valence-electron chi connectivity index (χ1n) is 9.39. The maximum Gasteiger partial charge on any atom is 0.524 e. The Labute approximate surface area is 180 Å². The standard InChI is InChI=1S/C20H20ClF3N2O5/c21-19(31-20(22,23)24)11-13(6-7-15(19)12-4-2-1-3-5-12)25-17(28)16-10-14(27)8-9-26(16)18(29)30/h1-7,14,16,27H,8-11H2,(H,25,28)(H,29,30)/t14-,16-,19?/m1/s1. The molecule has 0 saturated carbocycles. The number of hydrogen-bond acceptors (Lipinski definition) is 4. The molecule has 1 aromatic rings. The van der Waals surface area contributed by atoms with E-state index >= 15 is 0 Å². The Morgan fingerprint density at radius 1 is 1.23 bits per heavy atom. The van der Waals surface area contributed by atoms with E-state index in [1.807, 2.05) is 0 Å². The minimum atomic E-state index is -5.05. The number of rotatable bonds is 4. The minimum Gasteiger partial charge on any atom is -0.465 e. The molecule has 1 aliphatic carbocycles. The topological polar surface area (TPSA) is 99.1 Å². The normalized spacial score (nSPS) is 26.7. The van der Waals surface area contributed by atoms with Gasteiger partial charge < -0.3 is 15.5 Å². The summed E-state index contributed by atoms with van der Waals surface area (Å²) in [6.45, 7) is -0.0394. The number of piperidine rings is 1. The van der Waals surface area contributed by atoms with E-state index in [0.717, 1.165) is 4.90 Å². The van der Waals surface area contributed by atoms with Crippen molar-refractivity contribution in [3.63, 3.8) is 0 Å². The summed E-state index contributed by atoms with van der Waals surface area (Å²) in [5.41, 5.74) is 0.496. The number of hydrogen-bond donors (Lipinski definition) is 3. The van der Waals surface area contributed by atoms with E-state index in [-0.39, 0.29) is 30.7 Å². The van der Waals surface area contributed by atoms with Gasteiger partial charge in [0, 0.05) is 30.7 Å². The number of carbonyl (C=O) groups excluding carboxylic acids is 1. The highest BCUT2D eigenvalue weighted by atomic mass is 35.5. The van der Waals surface area contributed by atoms with Gasteiger partial charge in [0.05, 0.1) is 6.10 Å². The van der Waals surface area contributed by atoms with Crippen molar-refractivity contribution in [2.45, 2.75) is 42.8 Å². The second-order valence-corrected chi connectivity index (χ2v) is 7.86. The van der Waals surface area contributed by atoms with Gasteiger partial charge in [-0.3, -0.25) is 14.4 Å². The molecular formula is C20H20ClF3N2O5. The summed E-state index contributed by atoms with van der Waals surface area (Å²) in [7, 11) is 0. The lowest BCUT2D eigenvalue weighted by Crippen LogP contribution is -2.54. The lowest BCUT2D eigenvalue weighted by atomic mass is 9.92. The quantitative estimate of drug-likeness (QED) is 0.598. The molecule has 2 aliphatic rings. The van der Waals surface area contributed by atoms with Crippen molar-refractivity contribution in [2.24, 2.45) is 0 Å². The summed E-state index contributed by atoms with van der Waals surface area (Å²) in [5, 5.41) is 19.2. The molecule has 1 aromatic carbocycles. The molecule has 11 heteroatoms. The maximum absolute atomic E-state index is 13.1. The fourth-order valence-corrected chi connectivity index (χ4v) is 4.07. The van der Waals surface area contributed by atoms with Crippen molar-refractivity contribution in [3.8, 4) is 0 Å². The zero-order valence-electron chi connectivity index (χ0n) is 16.1. The third kappa shape index (κ3) is 5.57. The molecule has 0 radical (unpaired) electrons. The van der Waals surface area contributed by atoms with E-state index in [1.165, 1.54) is 12.2 Å². The van der Waals surface area contributed by atoms with Crippen molar-refractivity contribution in [2.75, 3.05) is 6.54 Å². The van der Waals surface area contributed by atoms with Gasteiger partial charge in [0.15, 0.2) is 5.06 Å². The monoisotopic (exact) mass is 460 g/mol. The Kier molecular flexibility index (Phi) is 6.63. The van der Waals surface area contributed by atoms with Crippen LogP contribution in [0.4, 0.5) is 18.0 Å². The molecule has 0 bridgehead atoms. The van der Waals surface area contributed by atoms with Gasteiger partial charge in [0.1, 0.15) is 6.04 Å². The van der Waals surface area contributed by atoms with Crippen LogP contribution in [0, 0.1) is 0 Å². The number of aliphatic hydroxyl groups is 1. The SMILES string of the molecule is O=C(NC1=CC=C(c2ccccc2)C(Cl)(OC(F)(F)F)C1)[C@H]1C[C@H](O)CCN1C(=O)O. The number of nitrogens with zero attached hydrogens (tertiary/aromatic N) is 1. The second-order valence-electron chi connectivity index (χ2n) is 7.25. The van der Waals surface area contributed by atoms with Gasteiger partial charge >= 0.3 is 12.5 Å². The van der Waals surface area contributed by atoms with Crippen LogP contribution in [-0.4, -0.2) is 57.2 Å². The van der Waals surface area contributed by atoms with Crippen LogP contribution >= 0.6 is 11.6 Å². The first-order chi connectivity index (χ1) is 14.5. The van der Waals surface area contributed by atoms with E-state index < -0.39 is 42.0 Å². The molecular weight excluding hydrogens is 441 g/mol. The number of halogens is 4. The van der Waals surface area contributed by atoms with E-state index in [2.05, 4.69) is 10.1 Å². The molecule has 0 spiro atoms. The van der Waals surface area contributed by atoms with Crippen LogP contribution < -0.4 is 5.32 Å². The summed E-state index contributed by atoms with van der Waals surface area (Å²) in [4.78, 5) is 25.0. The smallest absolute Gasteiger partial charge is 0.465 e. The zero-order valence-corrected chi connectivity index (χ0v) is 16.9. The molecule has 1 saturated heterocycles. The highest BCUT2D eigenvalue weighted by molar-refractivity contribution is 6.29. The number of aliphatic hydroxyl groups excluding tert-OH is 1. The van der Waals surface area contributed by atoms with Crippen molar-refractivity contribution in [1.29, 1.82) is 0 Å². The van der Waals surface area contributed by atoms with Gasteiger partial charge in [-0.15, -0.1) is 13.2 Å². The first-order valence-corrected chi connectivity index (χ1v) is 9.77. The number of allylic oxidation sites excluding steroid dienone is 2. The van der Waals surface area contributed by atoms with Crippen molar-refractivity contribution < 1.29 is 37.7 Å². The van der Waals surface area contributed by atoms with E-state index in [9.17, 15) is 33.0 Å². The Bertz CT molecular complexity index is 906. The van der Waals surface area contributed by atoms with Gasteiger partial charge in [-0.25, -0.2) is 4.79 Å². The number of carbonyl (C=O) groups is 2. The number of alkyl halides is 4. The molecule has 168 valence electrons. The number of ether oxygens (including phenoxy) is 1. The van der Waals surface area contributed by atoms with Gasteiger partial charge in [-0.1, -0.05) is 48.0 Å². The summed E-state index contributed by atoms with van der Waals surface area (Å²) < 4.78 is 43.5. The summed E-state index contributed by atoms with van der Waals surface area (Å²) in [5.74, 6) is -0.769. The molecule has 1 fully saturated rings. The van der Waals surface area contributed by atoms with Crippen molar-refractivity contribution in [1.82, 2.24) is 10.2 Å². The molecule has 1 unspecified atom stereocenters. The largest absolute Gasteiger partial charge is 0.524 e. The Morgan fingerprint density at radius 3 is 2.52 bits per heavy atom. The predicted octanol–water partition coefficient (Wildman–Crippen LogP) is 3.45. The van der Waals surface area contributed by atoms with E-state index in [4.69, 9.17) is 11.6 Å². The third-order valence-electron chi connectivity index (χ3n) is 5.04. The van der Waals surface area contributed by atoms with Crippen LogP contribution in [0.15, 0.2) is 48.2 Å². The van der Waals surface area contributed by atoms with Crippen LogP contribution in [0.3, 0.4) is 0 Å². The molecule has 1 aliphatic heterocycles. The summed E-state index contributed by atoms with van der Waals surface area (Å²) >= 11 is 6.28. The fourth-order valence-electron chi connectivity index (χ4n) is 3.66. The number of benzene rings is 1. The summed E-state index contributed by atoms with van der Waals surface area (Å²) in [6, 6.07) is 6.94. The third-order valence-corrected chi connectivity index (χ3v) is 5.45. The van der Waals surface area contributed by atoms with Crippen LogP contribution in [0.1, 0.15) is 24.8 Å². The van der Waals surface area contributed by atoms with Gasteiger partial charge in [0.25, 0.3) is 0 Å². The Hall–Kier alpha value is -2.56. The predicted molar refractivity (Wildman–Crippen MR) is 105 cm³/mol. The molecule has 7 nitrogen and oxygen atoms in total. The van der Waals surface area contributed by atoms with Crippen LogP contribution in [-0.2, 0) is 9.53 Å². The van der Waals surface area contributed by atoms with Gasteiger partial charge in [0.2, 0.25) is 5.91 Å². The average molecular weight is 461 g/mol. The van der Waals surface area contributed by atoms with Gasteiger partial charge in [-0.2, -0.15) is 0 Å². The lowest BCUT2D eigenvalue weighted by Gasteiger charge is -2.37. The van der Waals surface area contributed by atoms with Crippen LogP contribution in [0.5, 0.6) is 0 Å². The fraction of sp³-hybridized carbons (Fsp3) is 0.400. The number of carboxylic acid groups (broad SMARTS) is 1. The molecule has 0 aromatic heterocycles. The Morgan fingerprint density at radius 2 is 1.90 bits per heavy atom. The summed E-state index contributed by atoms with van der Waals surface area (Å²) in [6.07, 6.45) is -4.99. The highest BCUT2D eigenvalue weighted by Gasteiger charge is 2.47. The zero-order chi connectivity index (χ0) is 22.8. The molecule has 3 rings (SSSR count). The van der Waals surface area contributed by atoms with Crippen molar-refractivity contribution in [3.05, 3.63) is 53.7 Å². The van der Waals surface area contributed by atoms with Crippen molar-refractivity contribution >= 4 is 29.2 Å². The molecule has 2 amide bonds. The number of likely N-dealkylation sites (tertiary alicyclic amines) is 1. The van der Waals surface area contributed by atoms with E-state index in [0.29, 0.717) is 5.56 Å². The molecule has 3 atom stereocenters. The van der Waals surface area contributed by atoms with Crippen LogP contribution in [0.2, 0.25) is 0 Å². The highest BCUT2D eigenvalue weighted by Crippen LogP contribution is 2.45. The molecule has 31 heavy (non-hydrogen) atoms. The minimum absolute atomic E-state index is 0.0225. The first kappa shape index (κ1) is 23.1. The molecule has 3 N–H and O–H groups in total. The van der Waals surface area contributed by atoms with Gasteiger partial charge in [-0.05, 0) is 18.1 Å².